The highest BCUT2D eigenvalue weighted by molar-refractivity contribution is 9.09. The van der Waals surface area contributed by atoms with Gasteiger partial charge in [0.15, 0.2) is 0 Å². The van der Waals surface area contributed by atoms with Crippen molar-refractivity contribution in [3.8, 4) is 0 Å². The van der Waals surface area contributed by atoms with Gasteiger partial charge in [0, 0.05) is 24.6 Å². The first-order chi connectivity index (χ1) is 10.8. The first-order valence-corrected chi connectivity index (χ1v) is 9.02. The Bertz CT molecular complexity index is 790. The molecule has 4 rings (SSSR count). The minimum absolute atomic E-state index is 0.793. The van der Waals surface area contributed by atoms with Crippen molar-refractivity contribution < 1.29 is 0 Å². The van der Waals surface area contributed by atoms with E-state index < -0.39 is 0 Å². The molecule has 3 aromatic rings. The average Bonchev–Trinajstić information content (AvgIpc) is 2.93. The number of para-hydroxylation sites is 2. The molecule has 2 aromatic heterocycles. The third kappa shape index (κ3) is 2.47. The van der Waals surface area contributed by atoms with Crippen LogP contribution in [0.3, 0.4) is 0 Å². The number of fused-ring (bicyclic) bond motifs is 3. The van der Waals surface area contributed by atoms with Gasteiger partial charge in [0.25, 0.3) is 0 Å². The van der Waals surface area contributed by atoms with Crippen LogP contribution in [0, 0.1) is 5.92 Å². The SMILES string of the molecule is BrCCC1CCN(c2ccn3c(n2)nc2ccccc23)CC1. The Morgan fingerprint density at radius 1 is 1.09 bits per heavy atom. The van der Waals surface area contributed by atoms with Gasteiger partial charge in [-0.2, -0.15) is 4.98 Å². The Balaban J connectivity index is 1.62. The maximum absolute atomic E-state index is 4.78. The summed E-state index contributed by atoms with van der Waals surface area (Å²) in [6.07, 6.45) is 5.90. The van der Waals surface area contributed by atoms with Crippen molar-refractivity contribution in [2.75, 3.05) is 23.3 Å². The van der Waals surface area contributed by atoms with E-state index in [0.29, 0.717) is 0 Å². The molecule has 0 bridgehead atoms. The minimum Gasteiger partial charge on any atom is -0.356 e. The summed E-state index contributed by atoms with van der Waals surface area (Å²) in [5.41, 5.74) is 2.12. The summed E-state index contributed by atoms with van der Waals surface area (Å²) in [5.74, 6) is 2.70. The lowest BCUT2D eigenvalue weighted by Gasteiger charge is -2.32. The zero-order valence-electron chi connectivity index (χ0n) is 12.5. The van der Waals surface area contributed by atoms with E-state index >= 15 is 0 Å². The van der Waals surface area contributed by atoms with Gasteiger partial charge in [-0.1, -0.05) is 28.1 Å². The summed E-state index contributed by atoms with van der Waals surface area (Å²) >= 11 is 3.55. The maximum atomic E-state index is 4.78. The topological polar surface area (TPSA) is 33.4 Å². The third-order valence-corrected chi connectivity index (χ3v) is 5.08. The van der Waals surface area contributed by atoms with Gasteiger partial charge < -0.3 is 4.90 Å². The molecule has 5 heteroatoms. The smallest absolute Gasteiger partial charge is 0.236 e. The first-order valence-electron chi connectivity index (χ1n) is 7.90. The van der Waals surface area contributed by atoms with E-state index in [1.807, 2.05) is 18.2 Å². The molecule has 114 valence electrons. The number of nitrogens with zero attached hydrogens (tertiary/aromatic N) is 4. The van der Waals surface area contributed by atoms with E-state index in [-0.39, 0.29) is 0 Å². The number of anilines is 1. The van der Waals surface area contributed by atoms with E-state index in [1.165, 1.54) is 19.3 Å². The highest BCUT2D eigenvalue weighted by Gasteiger charge is 2.20. The van der Waals surface area contributed by atoms with E-state index in [4.69, 9.17) is 4.98 Å². The predicted molar refractivity (Wildman–Crippen MR) is 93.8 cm³/mol. The summed E-state index contributed by atoms with van der Waals surface area (Å²) in [7, 11) is 0. The molecular weight excluding hydrogens is 340 g/mol. The number of aromatic nitrogens is 3. The molecule has 0 spiro atoms. The Labute approximate surface area is 138 Å². The van der Waals surface area contributed by atoms with Crippen LogP contribution in [0.15, 0.2) is 36.5 Å². The molecule has 1 saturated heterocycles. The van der Waals surface area contributed by atoms with Crippen molar-refractivity contribution in [1.82, 2.24) is 14.4 Å². The Morgan fingerprint density at radius 3 is 2.73 bits per heavy atom. The summed E-state index contributed by atoms with van der Waals surface area (Å²) < 4.78 is 2.07. The quantitative estimate of drug-likeness (QED) is 0.666. The number of hydrogen-bond acceptors (Lipinski definition) is 3. The molecule has 1 aliphatic rings. The van der Waals surface area contributed by atoms with Crippen LogP contribution in [-0.2, 0) is 0 Å². The number of imidazole rings is 1. The van der Waals surface area contributed by atoms with Crippen LogP contribution in [0.25, 0.3) is 16.8 Å². The number of alkyl halides is 1. The fraction of sp³-hybridized carbons (Fsp3) is 0.412. The average molecular weight is 359 g/mol. The van der Waals surface area contributed by atoms with Gasteiger partial charge in [-0.15, -0.1) is 0 Å². The van der Waals surface area contributed by atoms with E-state index in [1.54, 1.807) is 0 Å². The number of benzene rings is 1. The van der Waals surface area contributed by atoms with Crippen LogP contribution in [0.1, 0.15) is 19.3 Å². The molecule has 1 aromatic carbocycles. The van der Waals surface area contributed by atoms with Gasteiger partial charge >= 0.3 is 0 Å². The van der Waals surface area contributed by atoms with Crippen molar-refractivity contribution in [2.24, 2.45) is 5.92 Å². The number of hydrogen-bond donors (Lipinski definition) is 0. The highest BCUT2D eigenvalue weighted by atomic mass is 79.9. The number of halogens is 1. The standard InChI is InChI=1S/C17H19BrN4/c18-9-5-13-6-10-21(11-7-13)16-8-12-22-15-4-2-1-3-14(15)19-17(22)20-16/h1-4,8,12-13H,5-7,9-11H2. The normalized spacial score (nSPS) is 16.7. The Kier molecular flexibility index (Phi) is 3.74. The lowest BCUT2D eigenvalue weighted by atomic mass is 9.94. The van der Waals surface area contributed by atoms with Crippen molar-refractivity contribution in [2.45, 2.75) is 19.3 Å². The van der Waals surface area contributed by atoms with E-state index in [9.17, 15) is 0 Å². The fourth-order valence-corrected chi connectivity index (χ4v) is 3.97. The summed E-state index contributed by atoms with van der Waals surface area (Å²) in [5, 5.41) is 1.11. The molecule has 1 aliphatic heterocycles. The molecule has 4 nitrogen and oxygen atoms in total. The Morgan fingerprint density at radius 2 is 1.91 bits per heavy atom. The molecule has 0 N–H and O–H groups in total. The van der Waals surface area contributed by atoms with Crippen molar-refractivity contribution >= 4 is 38.6 Å². The second-order valence-electron chi connectivity index (χ2n) is 5.96. The summed E-state index contributed by atoms with van der Waals surface area (Å²) in [4.78, 5) is 11.8. The molecule has 22 heavy (non-hydrogen) atoms. The van der Waals surface area contributed by atoms with Crippen LogP contribution < -0.4 is 4.90 Å². The van der Waals surface area contributed by atoms with E-state index in [2.05, 4.69) is 48.5 Å². The molecule has 0 atom stereocenters. The molecule has 3 heterocycles. The van der Waals surface area contributed by atoms with Gasteiger partial charge in [0.2, 0.25) is 5.78 Å². The van der Waals surface area contributed by atoms with Gasteiger partial charge in [0.1, 0.15) is 5.82 Å². The van der Waals surface area contributed by atoms with Crippen LogP contribution in [0.4, 0.5) is 5.82 Å². The highest BCUT2D eigenvalue weighted by Crippen LogP contribution is 2.25. The number of piperidine rings is 1. The van der Waals surface area contributed by atoms with Gasteiger partial charge in [-0.3, -0.25) is 4.40 Å². The predicted octanol–water partition coefficient (Wildman–Crippen LogP) is 3.88. The molecule has 0 radical (unpaired) electrons. The maximum Gasteiger partial charge on any atom is 0.236 e. The fourth-order valence-electron chi connectivity index (χ4n) is 3.32. The van der Waals surface area contributed by atoms with Crippen molar-refractivity contribution in [3.63, 3.8) is 0 Å². The minimum atomic E-state index is 0.793. The third-order valence-electron chi connectivity index (χ3n) is 4.62. The molecule has 0 amide bonds. The van der Waals surface area contributed by atoms with Crippen LogP contribution in [-0.4, -0.2) is 32.8 Å². The zero-order chi connectivity index (χ0) is 14.9. The largest absolute Gasteiger partial charge is 0.356 e. The second-order valence-corrected chi connectivity index (χ2v) is 6.76. The van der Waals surface area contributed by atoms with Gasteiger partial charge in [-0.05, 0) is 43.4 Å². The molecule has 0 saturated carbocycles. The summed E-state index contributed by atoms with van der Waals surface area (Å²) in [6, 6.07) is 10.3. The zero-order valence-corrected chi connectivity index (χ0v) is 14.0. The Hall–Kier alpha value is -1.62. The van der Waals surface area contributed by atoms with Crippen LogP contribution in [0.5, 0.6) is 0 Å². The monoisotopic (exact) mass is 358 g/mol. The first kappa shape index (κ1) is 14.0. The lowest BCUT2D eigenvalue weighted by Crippen LogP contribution is -2.34. The lowest BCUT2D eigenvalue weighted by molar-refractivity contribution is 0.397. The summed E-state index contributed by atoms with van der Waals surface area (Å²) in [6.45, 7) is 2.20. The van der Waals surface area contributed by atoms with Crippen molar-refractivity contribution in [1.29, 1.82) is 0 Å². The number of rotatable bonds is 3. The van der Waals surface area contributed by atoms with E-state index in [0.717, 1.165) is 47.0 Å². The second kappa shape index (κ2) is 5.88. The molecule has 0 aliphatic carbocycles. The van der Waals surface area contributed by atoms with Crippen LogP contribution >= 0.6 is 15.9 Å². The van der Waals surface area contributed by atoms with Crippen molar-refractivity contribution in [3.05, 3.63) is 36.5 Å². The van der Waals surface area contributed by atoms with Gasteiger partial charge in [0.05, 0.1) is 11.0 Å². The molecule has 0 unspecified atom stereocenters. The van der Waals surface area contributed by atoms with Crippen LogP contribution in [0.2, 0.25) is 0 Å². The molecular formula is C17H19BrN4. The molecule has 1 fully saturated rings. The van der Waals surface area contributed by atoms with Gasteiger partial charge in [-0.25, -0.2) is 4.98 Å².